The number of carbonyl (C=O) groups is 1. The molecule has 0 aliphatic carbocycles. The molecule has 2 heterocycles. The summed E-state index contributed by atoms with van der Waals surface area (Å²) in [6.07, 6.45) is -13.7. The van der Waals surface area contributed by atoms with Crippen molar-refractivity contribution in [3.63, 3.8) is 0 Å². The fourth-order valence-electron chi connectivity index (χ4n) is 2.97. The third-order valence-corrected chi connectivity index (χ3v) is 4.38. The van der Waals surface area contributed by atoms with Crippen LogP contribution in [0.3, 0.4) is 0 Å². The van der Waals surface area contributed by atoms with E-state index in [1.54, 1.807) is 0 Å². The molecule has 2 aliphatic heterocycles. The molecule has 6 unspecified atom stereocenters. The largest absolute Gasteiger partial charge is 0.394 e. The molecular weight excluding hydrogens is 358 g/mol. The minimum Gasteiger partial charge on any atom is -0.394 e. The Balaban J connectivity index is 2.21. The van der Waals surface area contributed by atoms with Crippen molar-refractivity contribution in [3.8, 4) is 0 Å². The van der Waals surface area contributed by atoms with Gasteiger partial charge < -0.3 is 55.3 Å². The van der Waals surface area contributed by atoms with E-state index in [9.17, 15) is 40.5 Å². The first-order chi connectivity index (χ1) is 12.2. The molecule has 8 N–H and O–H groups in total. The molecule has 0 saturated carbocycles. The number of carbonyl (C=O) groups excluding carboxylic acids is 1. The Bertz CT molecular complexity index is 478. The zero-order valence-electron chi connectivity index (χ0n) is 14.0. The van der Waals surface area contributed by atoms with E-state index in [0.29, 0.717) is 0 Å². The molecular formula is C14H25NO11. The predicted molar refractivity (Wildman–Crippen MR) is 80.2 cm³/mol. The Kier molecular flexibility index (Phi) is 7.27. The normalized spacial score (nSPS) is 46.8. The number of aliphatic hydroxyl groups is 7. The van der Waals surface area contributed by atoms with E-state index in [1.807, 2.05) is 0 Å². The quantitative estimate of drug-likeness (QED) is 0.226. The first-order valence-electron chi connectivity index (χ1n) is 8.06. The molecule has 10 atom stereocenters. The number of aliphatic hydroxyl groups excluding tert-OH is 7. The van der Waals surface area contributed by atoms with Gasteiger partial charge >= 0.3 is 0 Å². The third kappa shape index (κ3) is 4.31. The molecule has 12 heteroatoms. The Morgan fingerprint density at radius 3 is 2.04 bits per heavy atom. The van der Waals surface area contributed by atoms with Crippen LogP contribution in [0.5, 0.6) is 0 Å². The molecule has 0 aromatic heterocycles. The maximum atomic E-state index is 11.4. The lowest BCUT2D eigenvalue weighted by Gasteiger charge is -2.46. The van der Waals surface area contributed by atoms with Crippen LogP contribution in [0.4, 0.5) is 0 Å². The zero-order valence-corrected chi connectivity index (χ0v) is 14.0. The highest BCUT2D eigenvalue weighted by Gasteiger charge is 2.50. The Hall–Kier alpha value is -0.930. The number of hydrogen-bond acceptors (Lipinski definition) is 11. The first-order valence-corrected chi connectivity index (χ1v) is 8.06. The summed E-state index contributed by atoms with van der Waals surface area (Å²) in [5.41, 5.74) is 0. The van der Waals surface area contributed by atoms with Gasteiger partial charge in [-0.25, -0.2) is 0 Å². The molecule has 0 aromatic rings. The molecule has 2 rings (SSSR count). The van der Waals surface area contributed by atoms with Gasteiger partial charge in [-0.1, -0.05) is 0 Å². The summed E-state index contributed by atoms with van der Waals surface area (Å²) in [7, 11) is 0. The summed E-state index contributed by atoms with van der Waals surface area (Å²) < 4.78 is 15.7. The van der Waals surface area contributed by atoms with Gasteiger partial charge in [-0.3, -0.25) is 4.79 Å². The fraction of sp³-hybridized carbons (Fsp3) is 0.929. The minimum absolute atomic E-state index is 0.574. The van der Waals surface area contributed by atoms with Crippen LogP contribution < -0.4 is 5.32 Å². The van der Waals surface area contributed by atoms with Gasteiger partial charge in [-0.2, -0.15) is 0 Å². The van der Waals surface area contributed by atoms with Crippen LogP contribution in [-0.4, -0.2) is 116 Å². The van der Waals surface area contributed by atoms with Gasteiger partial charge in [0.15, 0.2) is 12.6 Å². The van der Waals surface area contributed by atoms with Gasteiger partial charge in [-0.15, -0.1) is 0 Å². The maximum absolute atomic E-state index is 11.4. The van der Waals surface area contributed by atoms with E-state index in [1.165, 1.54) is 0 Å². The van der Waals surface area contributed by atoms with Crippen molar-refractivity contribution in [1.29, 1.82) is 0 Å². The summed E-state index contributed by atoms with van der Waals surface area (Å²) in [5.74, 6) is -0.574. The molecule has 2 aliphatic rings. The molecule has 152 valence electrons. The summed E-state index contributed by atoms with van der Waals surface area (Å²) in [4.78, 5) is 11.4. The van der Waals surface area contributed by atoms with E-state index in [4.69, 9.17) is 14.2 Å². The lowest BCUT2D eigenvalue weighted by molar-refractivity contribution is -0.341. The molecule has 0 radical (unpaired) electrons. The highest BCUT2D eigenvalue weighted by atomic mass is 16.7. The smallest absolute Gasteiger partial charge is 0.217 e. The predicted octanol–water partition coefficient (Wildman–Crippen LogP) is -5.25. The van der Waals surface area contributed by atoms with Gasteiger partial charge in [0.1, 0.15) is 48.8 Å². The topological polar surface area (TPSA) is 198 Å². The highest BCUT2D eigenvalue weighted by molar-refractivity contribution is 5.73. The van der Waals surface area contributed by atoms with Gasteiger partial charge in [0, 0.05) is 6.92 Å². The number of nitrogens with one attached hydrogen (secondary N) is 1. The van der Waals surface area contributed by atoms with Crippen molar-refractivity contribution in [1.82, 2.24) is 5.32 Å². The molecule has 0 bridgehead atoms. The third-order valence-electron chi connectivity index (χ3n) is 4.38. The van der Waals surface area contributed by atoms with Crippen LogP contribution in [0.2, 0.25) is 0 Å². The monoisotopic (exact) mass is 383 g/mol. The fourth-order valence-corrected chi connectivity index (χ4v) is 2.97. The number of ether oxygens (including phenoxy) is 3. The Morgan fingerprint density at radius 1 is 0.923 bits per heavy atom. The lowest BCUT2D eigenvalue weighted by Crippen LogP contribution is -2.67. The SMILES string of the molecule is CC(=O)NC1C(O[C@@H]2OC(CO)[C@H](O)C(O)C2O)[C@@H](O)C(CO)O[C@@H]1O. The molecule has 26 heavy (non-hydrogen) atoms. The van der Waals surface area contributed by atoms with Crippen LogP contribution in [-0.2, 0) is 19.0 Å². The minimum atomic E-state index is -1.74. The number of amides is 1. The van der Waals surface area contributed by atoms with Gasteiger partial charge in [0.05, 0.1) is 13.2 Å². The van der Waals surface area contributed by atoms with Gasteiger partial charge in [-0.05, 0) is 0 Å². The Morgan fingerprint density at radius 2 is 1.50 bits per heavy atom. The standard InChI is InChI=1S/C14H25NO11/c1-4(18)15-7-12(9(20)6(3-17)24-13(7)23)26-14-11(22)10(21)8(19)5(2-16)25-14/h5-14,16-17,19-23H,2-3H2,1H3,(H,15,18)/t5?,6?,7?,8-,9-,10?,11?,12?,13-,14-/m0/s1. The van der Waals surface area contributed by atoms with Crippen molar-refractivity contribution in [2.45, 2.75) is 68.3 Å². The highest BCUT2D eigenvalue weighted by Crippen LogP contribution is 2.28. The van der Waals surface area contributed by atoms with Crippen LogP contribution in [0.15, 0.2) is 0 Å². The van der Waals surface area contributed by atoms with E-state index in [0.717, 1.165) is 6.92 Å². The van der Waals surface area contributed by atoms with Crippen LogP contribution in [0.1, 0.15) is 6.92 Å². The van der Waals surface area contributed by atoms with Crippen molar-refractivity contribution < 1.29 is 54.8 Å². The van der Waals surface area contributed by atoms with Crippen molar-refractivity contribution in [3.05, 3.63) is 0 Å². The van der Waals surface area contributed by atoms with Gasteiger partial charge in [0.2, 0.25) is 5.91 Å². The second kappa shape index (κ2) is 8.84. The average molecular weight is 383 g/mol. The molecule has 2 saturated heterocycles. The van der Waals surface area contributed by atoms with Crippen LogP contribution >= 0.6 is 0 Å². The Labute approximate surface area is 148 Å². The van der Waals surface area contributed by atoms with E-state index in [-0.39, 0.29) is 0 Å². The molecule has 0 spiro atoms. The zero-order chi connectivity index (χ0) is 19.6. The summed E-state index contributed by atoms with van der Waals surface area (Å²) in [6.45, 7) is -0.195. The molecule has 2 fully saturated rings. The van der Waals surface area contributed by atoms with Crippen molar-refractivity contribution in [2.24, 2.45) is 0 Å². The number of hydrogen-bond donors (Lipinski definition) is 8. The van der Waals surface area contributed by atoms with E-state index < -0.39 is 80.5 Å². The second-order valence-corrected chi connectivity index (χ2v) is 6.26. The van der Waals surface area contributed by atoms with Crippen molar-refractivity contribution in [2.75, 3.05) is 13.2 Å². The average Bonchev–Trinajstić information content (AvgIpc) is 2.60. The maximum Gasteiger partial charge on any atom is 0.217 e. The van der Waals surface area contributed by atoms with E-state index >= 15 is 0 Å². The van der Waals surface area contributed by atoms with Crippen LogP contribution in [0.25, 0.3) is 0 Å². The molecule has 12 nitrogen and oxygen atoms in total. The summed E-state index contributed by atoms with van der Waals surface area (Å²) in [6, 6.07) is -1.28. The van der Waals surface area contributed by atoms with Crippen molar-refractivity contribution >= 4 is 5.91 Å². The first kappa shape index (κ1) is 21.4. The summed E-state index contributed by atoms with van der Waals surface area (Å²) >= 11 is 0. The summed E-state index contributed by atoms with van der Waals surface area (Å²) in [5, 5.41) is 70.7. The number of rotatable bonds is 5. The molecule has 0 aromatic carbocycles. The molecule has 1 amide bonds. The second-order valence-electron chi connectivity index (χ2n) is 6.26. The van der Waals surface area contributed by atoms with Crippen LogP contribution in [0, 0.1) is 0 Å². The van der Waals surface area contributed by atoms with Gasteiger partial charge in [0.25, 0.3) is 0 Å². The lowest BCUT2D eigenvalue weighted by atomic mass is 9.95. The van der Waals surface area contributed by atoms with E-state index in [2.05, 4.69) is 5.32 Å².